The molecule has 0 aromatic rings. The standard InChI is InChI=1S/C12H15NO3/c1-7(14)10-9(12(10,2)3)5-8(6-13)11(15)16-4/h5,9-10H,1-4H3/b8-5+. The summed E-state index contributed by atoms with van der Waals surface area (Å²) in [5.74, 6) is -0.694. The molecule has 4 nitrogen and oxygen atoms in total. The summed E-state index contributed by atoms with van der Waals surface area (Å²) >= 11 is 0. The third-order valence-electron chi connectivity index (χ3n) is 3.22. The minimum Gasteiger partial charge on any atom is -0.465 e. The minimum absolute atomic E-state index is 0.0238. The van der Waals surface area contributed by atoms with Crippen molar-refractivity contribution in [1.29, 1.82) is 5.26 Å². The lowest BCUT2D eigenvalue weighted by Crippen LogP contribution is -2.04. The van der Waals surface area contributed by atoms with Crippen molar-refractivity contribution in [1.82, 2.24) is 0 Å². The number of carbonyl (C=O) groups excluding carboxylic acids is 2. The fourth-order valence-corrected chi connectivity index (χ4v) is 2.21. The highest BCUT2D eigenvalue weighted by Gasteiger charge is 2.59. The zero-order valence-electron chi connectivity index (χ0n) is 9.90. The number of ketones is 1. The maximum absolute atomic E-state index is 11.3. The van der Waals surface area contributed by atoms with Crippen molar-refractivity contribution in [3.63, 3.8) is 0 Å². The first-order chi connectivity index (χ1) is 7.36. The van der Waals surface area contributed by atoms with E-state index in [1.165, 1.54) is 14.0 Å². The summed E-state index contributed by atoms with van der Waals surface area (Å²) in [6.07, 6.45) is 1.55. The molecule has 2 atom stereocenters. The van der Waals surface area contributed by atoms with Crippen LogP contribution in [0.15, 0.2) is 11.6 Å². The van der Waals surface area contributed by atoms with Gasteiger partial charge in [0.25, 0.3) is 0 Å². The Kier molecular flexibility index (Phi) is 3.18. The molecule has 2 unspecified atom stereocenters. The molecule has 0 radical (unpaired) electrons. The number of methoxy groups -OCH3 is 1. The van der Waals surface area contributed by atoms with Crippen LogP contribution < -0.4 is 0 Å². The number of nitrogens with zero attached hydrogens (tertiary/aromatic N) is 1. The Morgan fingerprint density at radius 2 is 2.00 bits per heavy atom. The summed E-state index contributed by atoms with van der Waals surface area (Å²) in [7, 11) is 1.23. The highest BCUT2D eigenvalue weighted by molar-refractivity contribution is 5.93. The molecule has 0 aliphatic heterocycles. The average molecular weight is 221 g/mol. The molecule has 4 heteroatoms. The summed E-state index contributed by atoms with van der Waals surface area (Å²) < 4.78 is 4.48. The topological polar surface area (TPSA) is 67.2 Å². The van der Waals surface area contributed by atoms with Crippen molar-refractivity contribution >= 4 is 11.8 Å². The van der Waals surface area contributed by atoms with Gasteiger partial charge in [-0.2, -0.15) is 5.26 Å². The molecule has 0 aromatic carbocycles. The number of ether oxygens (including phenoxy) is 1. The van der Waals surface area contributed by atoms with Crippen molar-refractivity contribution in [3.8, 4) is 6.07 Å². The second kappa shape index (κ2) is 4.09. The third-order valence-corrected chi connectivity index (χ3v) is 3.22. The van der Waals surface area contributed by atoms with Gasteiger partial charge in [-0.15, -0.1) is 0 Å². The number of rotatable bonds is 3. The van der Waals surface area contributed by atoms with Gasteiger partial charge in [-0.3, -0.25) is 4.79 Å². The van der Waals surface area contributed by atoms with Crippen molar-refractivity contribution < 1.29 is 14.3 Å². The Balaban J connectivity index is 2.91. The Hall–Kier alpha value is -1.63. The molecule has 0 heterocycles. The molecule has 0 spiro atoms. The van der Waals surface area contributed by atoms with Crippen LogP contribution in [0, 0.1) is 28.6 Å². The Bertz CT molecular complexity index is 401. The van der Waals surface area contributed by atoms with Crippen molar-refractivity contribution in [2.75, 3.05) is 7.11 Å². The van der Waals surface area contributed by atoms with E-state index in [1.54, 1.807) is 12.1 Å². The minimum atomic E-state index is -0.646. The van der Waals surface area contributed by atoms with E-state index >= 15 is 0 Å². The number of esters is 1. The fraction of sp³-hybridized carbons (Fsp3) is 0.583. The Morgan fingerprint density at radius 1 is 1.44 bits per heavy atom. The third kappa shape index (κ3) is 1.99. The van der Waals surface area contributed by atoms with Gasteiger partial charge in [0.05, 0.1) is 7.11 Å². The number of carbonyl (C=O) groups is 2. The predicted octanol–water partition coefficient (Wildman–Crippen LogP) is 1.47. The molecule has 0 aromatic heterocycles. The fourth-order valence-electron chi connectivity index (χ4n) is 2.21. The molecule has 1 aliphatic rings. The van der Waals surface area contributed by atoms with Crippen LogP contribution in [-0.4, -0.2) is 18.9 Å². The van der Waals surface area contributed by atoms with Crippen molar-refractivity contribution in [2.45, 2.75) is 20.8 Å². The SMILES string of the molecule is COC(=O)/C(C#N)=C/C1C(C(C)=O)C1(C)C. The Labute approximate surface area is 94.9 Å². The van der Waals surface area contributed by atoms with Crippen LogP contribution in [0.5, 0.6) is 0 Å². The van der Waals surface area contributed by atoms with Crippen LogP contribution >= 0.6 is 0 Å². The average Bonchev–Trinajstić information content (AvgIpc) is 2.75. The summed E-state index contributed by atoms with van der Waals surface area (Å²) in [4.78, 5) is 22.5. The molecule has 1 saturated carbocycles. The smallest absolute Gasteiger partial charge is 0.348 e. The quantitative estimate of drug-likeness (QED) is 0.411. The van der Waals surface area contributed by atoms with E-state index < -0.39 is 5.97 Å². The van der Waals surface area contributed by atoms with Gasteiger partial charge in [-0.25, -0.2) is 4.79 Å². The maximum Gasteiger partial charge on any atom is 0.348 e. The van der Waals surface area contributed by atoms with E-state index in [0.29, 0.717) is 0 Å². The first kappa shape index (κ1) is 12.4. The van der Waals surface area contributed by atoms with E-state index in [4.69, 9.17) is 5.26 Å². The lowest BCUT2D eigenvalue weighted by Gasteiger charge is -1.98. The van der Waals surface area contributed by atoms with Crippen LogP contribution in [0.2, 0.25) is 0 Å². The van der Waals surface area contributed by atoms with Gasteiger partial charge in [-0.05, 0) is 18.3 Å². The van der Waals surface area contributed by atoms with Crippen LogP contribution in [0.25, 0.3) is 0 Å². The van der Waals surface area contributed by atoms with Gasteiger partial charge in [0.2, 0.25) is 0 Å². The lowest BCUT2D eigenvalue weighted by atomic mass is 10.1. The summed E-state index contributed by atoms with van der Waals surface area (Å²) in [5.41, 5.74) is -0.189. The lowest BCUT2D eigenvalue weighted by molar-refractivity contribution is -0.135. The van der Waals surface area contributed by atoms with E-state index in [1.807, 2.05) is 13.8 Å². The van der Waals surface area contributed by atoms with Crippen molar-refractivity contribution in [2.24, 2.45) is 17.3 Å². The van der Waals surface area contributed by atoms with Crippen molar-refractivity contribution in [3.05, 3.63) is 11.6 Å². The first-order valence-electron chi connectivity index (χ1n) is 5.07. The second-order valence-corrected chi connectivity index (χ2v) is 4.62. The molecule has 0 bridgehead atoms. The number of allylic oxidation sites excluding steroid dienone is 1. The van der Waals surface area contributed by atoms with Gasteiger partial charge >= 0.3 is 5.97 Å². The highest BCUT2D eigenvalue weighted by Crippen LogP contribution is 2.59. The van der Waals surface area contributed by atoms with Gasteiger partial charge in [0.1, 0.15) is 17.4 Å². The molecule has 1 fully saturated rings. The normalized spacial score (nSPS) is 26.8. The molecular formula is C12H15NO3. The van der Waals surface area contributed by atoms with Crippen LogP contribution in [0.4, 0.5) is 0 Å². The molecule has 1 aliphatic carbocycles. The molecular weight excluding hydrogens is 206 g/mol. The van der Waals surface area contributed by atoms with Crippen LogP contribution in [0.3, 0.4) is 0 Å². The van der Waals surface area contributed by atoms with Gasteiger partial charge in [0, 0.05) is 5.92 Å². The molecule has 0 N–H and O–H groups in total. The molecule has 16 heavy (non-hydrogen) atoms. The Morgan fingerprint density at radius 3 is 2.31 bits per heavy atom. The number of Topliss-reactive ketones (excluding diaryl/α,β-unsaturated/α-hetero) is 1. The van der Waals surface area contributed by atoms with E-state index in [0.717, 1.165) is 0 Å². The maximum atomic E-state index is 11.3. The number of hydrogen-bond donors (Lipinski definition) is 0. The monoisotopic (exact) mass is 221 g/mol. The molecule has 0 amide bonds. The van der Waals surface area contributed by atoms with Gasteiger partial charge in [-0.1, -0.05) is 19.9 Å². The molecule has 0 saturated heterocycles. The van der Waals surface area contributed by atoms with Crippen LogP contribution in [-0.2, 0) is 14.3 Å². The predicted molar refractivity (Wildman–Crippen MR) is 57.2 cm³/mol. The number of hydrogen-bond acceptors (Lipinski definition) is 4. The molecule has 86 valence electrons. The summed E-state index contributed by atoms with van der Waals surface area (Å²) in [6.45, 7) is 5.43. The summed E-state index contributed by atoms with van der Waals surface area (Å²) in [5, 5.41) is 8.80. The zero-order chi connectivity index (χ0) is 12.5. The largest absolute Gasteiger partial charge is 0.465 e. The van der Waals surface area contributed by atoms with E-state index in [-0.39, 0.29) is 28.6 Å². The first-order valence-corrected chi connectivity index (χ1v) is 5.07. The van der Waals surface area contributed by atoms with Gasteiger partial charge < -0.3 is 4.74 Å². The molecule has 1 rings (SSSR count). The number of nitriles is 1. The highest BCUT2D eigenvalue weighted by atomic mass is 16.5. The van der Waals surface area contributed by atoms with Gasteiger partial charge in [0.15, 0.2) is 0 Å². The zero-order valence-corrected chi connectivity index (χ0v) is 9.90. The van der Waals surface area contributed by atoms with E-state index in [2.05, 4.69) is 4.74 Å². The second-order valence-electron chi connectivity index (χ2n) is 4.62. The summed E-state index contributed by atoms with van der Waals surface area (Å²) in [6, 6.07) is 1.80. The van der Waals surface area contributed by atoms with Crippen LogP contribution in [0.1, 0.15) is 20.8 Å². The van der Waals surface area contributed by atoms with E-state index in [9.17, 15) is 9.59 Å².